The Morgan fingerprint density at radius 3 is 2.59 bits per heavy atom. The Balaban J connectivity index is 1.49. The lowest BCUT2D eigenvalue weighted by atomic mass is 9.47. The maximum Gasteiger partial charge on any atom is 0.0577 e. The number of allylic oxidation sites excluding steroid dienone is 2. The molecule has 3 saturated carbocycles. The van der Waals surface area contributed by atoms with Crippen LogP contribution in [0.4, 0.5) is 0 Å². The zero-order chi connectivity index (χ0) is 21.0. The second-order valence-corrected chi connectivity index (χ2v) is 12.2. The lowest BCUT2D eigenvalue weighted by Gasteiger charge is -2.58. The normalized spacial score (nSPS) is 46.1. The number of aliphatic hydroxyl groups is 1. The third-order valence-corrected chi connectivity index (χ3v) is 10.6. The van der Waals surface area contributed by atoms with Crippen molar-refractivity contribution in [1.29, 1.82) is 0 Å². The van der Waals surface area contributed by atoms with Crippen LogP contribution in [0.5, 0.6) is 0 Å². The largest absolute Gasteiger partial charge is 0.393 e. The quantitative estimate of drug-likeness (QED) is 0.373. The minimum absolute atomic E-state index is 0.0861. The molecule has 0 aromatic rings. The average Bonchev–Trinajstić information content (AvgIpc) is 3.03. The molecule has 0 aliphatic heterocycles. The topological polar surface area (TPSA) is 20.2 Å². The zero-order valence-electron chi connectivity index (χ0n) is 19.8. The third kappa shape index (κ3) is 3.58. The first-order chi connectivity index (χ1) is 13.7. The van der Waals surface area contributed by atoms with Gasteiger partial charge in [-0.1, -0.05) is 58.4 Å². The molecule has 0 amide bonds. The van der Waals surface area contributed by atoms with E-state index in [1.165, 1.54) is 56.9 Å². The van der Waals surface area contributed by atoms with E-state index in [0.717, 1.165) is 42.4 Å². The molecule has 1 unspecified atom stereocenters. The van der Waals surface area contributed by atoms with Crippen LogP contribution in [0.2, 0.25) is 0 Å². The highest BCUT2D eigenvalue weighted by atomic mass is 16.3. The first-order valence-electron chi connectivity index (χ1n) is 12.7. The second kappa shape index (κ2) is 7.85. The summed E-state index contributed by atoms with van der Waals surface area (Å²) in [4.78, 5) is 0. The van der Waals surface area contributed by atoms with E-state index in [2.05, 4.69) is 47.3 Å². The van der Waals surface area contributed by atoms with Gasteiger partial charge < -0.3 is 5.11 Å². The zero-order valence-corrected chi connectivity index (χ0v) is 19.8. The Morgan fingerprint density at radius 1 is 1.10 bits per heavy atom. The van der Waals surface area contributed by atoms with Crippen molar-refractivity contribution in [2.75, 3.05) is 0 Å². The number of hydrogen-bond donors (Lipinski definition) is 1. The molecule has 1 nitrogen and oxygen atoms in total. The smallest absolute Gasteiger partial charge is 0.0577 e. The molecule has 9 atom stereocenters. The maximum atomic E-state index is 10.2. The molecule has 1 heteroatoms. The van der Waals surface area contributed by atoms with Gasteiger partial charge in [-0.15, -0.1) is 0 Å². The lowest BCUT2D eigenvalue weighted by Crippen LogP contribution is -2.50. The molecular formula is C28H46O. The van der Waals surface area contributed by atoms with Gasteiger partial charge in [0.1, 0.15) is 0 Å². The molecule has 3 fully saturated rings. The van der Waals surface area contributed by atoms with Gasteiger partial charge in [0, 0.05) is 0 Å². The van der Waals surface area contributed by atoms with Crippen LogP contribution in [-0.4, -0.2) is 11.2 Å². The molecule has 0 spiro atoms. The predicted molar refractivity (Wildman–Crippen MR) is 124 cm³/mol. The van der Waals surface area contributed by atoms with Crippen LogP contribution < -0.4 is 0 Å². The third-order valence-electron chi connectivity index (χ3n) is 10.6. The van der Waals surface area contributed by atoms with Gasteiger partial charge in [0.25, 0.3) is 0 Å². The van der Waals surface area contributed by atoms with Gasteiger partial charge in [0.05, 0.1) is 6.10 Å². The summed E-state index contributed by atoms with van der Waals surface area (Å²) in [5, 5.41) is 10.2. The fourth-order valence-electron chi connectivity index (χ4n) is 8.52. The minimum atomic E-state index is -0.0861. The number of hydrogen-bond acceptors (Lipinski definition) is 1. The number of aliphatic hydroxyl groups excluding tert-OH is 1. The lowest BCUT2D eigenvalue weighted by molar-refractivity contribution is -0.0571. The number of rotatable bonds is 5. The van der Waals surface area contributed by atoms with Crippen LogP contribution >= 0.6 is 0 Å². The van der Waals surface area contributed by atoms with E-state index in [0.29, 0.717) is 16.7 Å². The summed E-state index contributed by atoms with van der Waals surface area (Å²) in [6.45, 7) is 16.7. The van der Waals surface area contributed by atoms with Crippen molar-refractivity contribution < 1.29 is 5.11 Å². The molecule has 0 heterocycles. The minimum Gasteiger partial charge on any atom is -0.393 e. The van der Waals surface area contributed by atoms with Crippen LogP contribution in [-0.2, 0) is 0 Å². The molecule has 0 saturated heterocycles. The maximum absolute atomic E-state index is 10.2. The summed E-state index contributed by atoms with van der Waals surface area (Å²) in [6, 6.07) is 0. The van der Waals surface area contributed by atoms with Gasteiger partial charge in [-0.25, -0.2) is 0 Å². The second-order valence-electron chi connectivity index (χ2n) is 12.2. The van der Waals surface area contributed by atoms with E-state index in [1.54, 1.807) is 5.57 Å². The summed E-state index contributed by atoms with van der Waals surface area (Å²) in [7, 11) is 0. The standard InChI is InChI=1S/C28H46O/c1-18(2)19(3)7-8-20(4)24-11-12-25-23-10-9-21-17-22(29)13-15-27(21,5)26(23)14-16-28(24,25)6/h9,18,20,22-26,29H,3,7-8,10-17H2,1-2,4-6H3/t20-,22+,23+,24-,25+,26+,27+,28-/m1/s1/i1+1/t18?,20-,22+,23+,24-,25+,26+,27+,28-. The van der Waals surface area contributed by atoms with Crippen molar-refractivity contribution in [2.24, 2.45) is 46.3 Å². The Morgan fingerprint density at radius 2 is 1.86 bits per heavy atom. The fraction of sp³-hybridized carbons (Fsp3) is 0.857. The summed E-state index contributed by atoms with van der Waals surface area (Å²) in [5.41, 5.74) is 3.98. The molecule has 4 aliphatic rings. The summed E-state index contributed by atoms with van der Waals surface area (Å²) in [6.07, 6.45) is 15.3. The molecule has 1 N–H and O–H groups in total. The average molecular weight is 400 g/mol. The molecule has 164 valence electrons. The van der Waals surface area contributed by atoms with Gasteiger partial charge in [-0.2, -0.15) is 0 Å². The van der Waals surface area contributed by atoms with Gasteiger partial charge >= 0.3 is 0 Å². The van der Waals surface area contributed by atoms with Gasteiger partial charge in [-0.3, -0.25) is 0 Å². The molecular weight excluding hydrogens is 353 g/mol. The Hall–Kier alpha value is -0.560. The van der Waals surface area contributed by atoms with E-state index in [4.69, 9.17) is 0 Å². The summed E-state index contributed by atoms with van der Waals surface area (Å²) >= 11 is 0. The highest BCUT2D eigenvalue weighted by molar-refractivity contribution is 5.25. The van der Waals surface area contributed by atoms with E-state index in [-0.39, 0.29) is 6.10 Å². The molecule has 4 aliphatic carbocycles. The van der Waals surface area contributed by atoms with E-state index in [1.807, 2.05) is 0 Å². The van der Waals surface area contributed by atoms with Crippen LogP contribution in [0.25, 0.3) is 0 Å². The fourth-order valence-corrected chi connectivity index (χ4v) is 8.52. The van der Waals surface area contributed by atoms with Gasteiger partial charge in [0.2, 0.25) is 0 Å². The predicted octanol–water partition coefficient (Wildman–Crippen LogP) is 7.55. The summed E-state index contributed by atoms with van der Waals surface area (Å²) in [5.74, 6) is 5.03. The van der Waals surface area contributed by atoms with E-state index < -0.39 is 0 Å². The van der Waals surface area contributed by atoms with Crippen molar-refractivity contribution in [2.45, 2.75) is 105 Å². The van der Waals surface area contributed by atoms with Crippen LogP contribution in [0.1, 0.15) is 98.8 Å². The molecule has 0 bridgehead atoms. The van der Waals surface area contributed by atoms with Gasteiger partial charge in [0.15, 0.2) is 0 Å². The van der Waals surface area contributed by atoms with E-state index >= 15 is 0 Å². The van der Waals surface area contributed by atoms with Crippen molar-refractivity contribution in [1.82, 2.24) is 0 Å². The van der Waals surface area contributed by atoms with Crippen molar-refractivity contribution in [3.63, 3.8) is 0 Å². The molecule has 4 rings (SSSR count). The molecule has 0 aromatic heterocycles. The Kier molecular flexibility index (Phi) is 5.86. The van der Waals surface area contributed by atoms with Crippen molar-refractivity contribution in [3.8, 4) is 0 Å². The van der Waals surface area contributed by atoms with Crippen LogP contribution in [0.15, 0.2) is 23.8 Å². The SMILES string of the molecule is C=C(CC[C@@H](C)[C@H]1CC[C@H]2[C@@H]3CC=C4C[C@@H](O)CC[C@]4(C)[C@H]3CC[C@]12C)C(C)[13CH3]. The van der Waals surface area contributed by atoms with Crippen LogP contribution in [0, 0.1) is 46.3 Å². The van der Waals surface area contributed by atoms with E-state index in [9.17, 15) is 5.11 Å². The highest BCUT2D eigenvalue weighted by Crippen LogP contribution is 2.67. The highest BCUT2D eigenvalue weighted by Gasteiger charge is 2.59. The first-order valence-corrected chi connectivity index (χ1v) is 12.7. The Labute approximate surface area is 180 Å². The van der Waals surface area contributed by atoms with Crippen LogP contribution in [0.3, 0.4) is 0 Å². The number of fused-ring (bicyclic) bond motifs is 5. The molecule has 29 heavy (non-hydrogen) atoms. The molecule has 0 radical (unpaired) electrons. The Bertz CT molecular complexity index is 659. The van der Waals surface area contributed by atoms with Gasteiger partial charge in [-0.05, 0) is 111 Å². The van der Waals surface area contributed by atoms with Crippen molar-refractivity contribution >= 4 is 0 Å². The van der Waals surface area contributed by atoms with Crippen molar-refractivity contribution in [3.05, 3.63) is 23.8 Å². The first kappa shape index (κ1) is 21.7. The molecule has 0 aromatic carbocycles. The monoisotopic (exact) mass is 399 g/mol. The summed E-state index contributed by atoms with van der Waals surface area (Å²) < 4.78 is 0.